The van der Waals surface area contributed by atoms with Crippen molar-refractivity contribution < 1.29 is 19.7 Å². The molecule has 0 radical (unpaired) electrons. The Morgan fingerprint density at radius 3 is 2.35 bits per heavy atom. The van der Waals surface area contributed by atoms with E-state index in [1.54, 1.807) is 12.2 Å². The van der Waals surface area contributed by atoms with Gasteiger partial charge in [-0.3, -0.25) is 0 Å². The molecule has 1 aliphatic rings. The number of nitrogens with one attached hydrogen (secondary N) is 1. The second-order valence-corrected chi connectivity index (χ2v) is 4.89. The van der Waals surface area contributed by atoms with E-state index in [0.29, 0.717) is 12.8 Å². The minimum absolute atomic E-state index is 0.197. The molecule has 5 nitrogen and oxygen atoms in total. The zero-order chi connectivity index (χ0) is 14.4. The monoisotopic (exact) mass is 277 g/mol. The molecule has 3 N–H and O–H groups in total. The van der Waals surface area contributed by atoms with Crippen molar-refractivity contribution in [3.63, 3.8) is 0 Å². The molecule has 0 aliphatic heterocycles. The molecule has 1 unspecified atom stereocenters. The average molecular weight is 277 g/mol. The van der Waals surface area contributed by atoms with Crippen LogP contribution in [-0.4, -0.2) is 34.6 Å². The highest BCUT2D eigenvalue weighted by atomic mass is 16.5. The van der Waals surface area contributed by atoms with Crippen LogP contribution in [0, 0.1) is 0 Å². The van der Waals surface area contributed by atoms with Crippen LogP contribution in [0.5, 0.6) is 0 Å². The Balaban J connectivity index is 1.79. The number of aliphatic hydroxyl groups excluding tert-OH is 2. The molecular formula is C15H19NO4. The van der Waals surface area contributed by atoms with Gasteiger partial charge in [-0.05, 0) is 18.4 Å². The van der Waals surface area contributed by atoms with Crippen molar-refractivity contribution in [2.45, 2.75) is 37.7 Å². The summed E-state index contributed by atoms with van der Waals surface area (Å²) in [5.41, 5.74) is 0.908. The predicted octanol–water partition coefficient (Wildman–Crippen LogP) is 1.35. The number of hydrogen-bond donors (Lipinski definition) is 3. The van der Waals surface area contributed by atoms with Crippen LogP contribution in [0.15, 0.2) is 42.5 Å². The number of carbonyl (C=O) groups is 1. The Labute approximate surface area is 117 Å². The highest BCUT2D eigenvalue weighted by molar-refractivity contribution is 5.67. The van der Waals surface area contributed by atoms with Crippen LogP contribution in [0.25, 0.3) is 0 Å². The Morgan fingerprint density at radius 1 is 1.15 bits per heavy atom. The van der Waals surface area contributed by atoms with Gasteiger partial charge in [0.1, 0.15) is 6.61 Å². The summed E-state index contributed by atoms with van der Waals surface area (Å²) in [7, 11) is 0. The van der Waals surface area contributed by atoms with E-state index in [1.807, 2.05) is 30.3 Å². The molecule has 0 aromatic heterocycles. The van der Waals surface area contributed by atoms with Crippen molar-refractivity contribution in [1.29, 1.82) is 0 Å². The topological polar surface area (TPSA) is 78.8 Å². The number of carbonyl (C=O) groups excluding carboxylic acids is 1. The largest absolute Gasteiger partial charge is 0.445 e. The minimum Gasteiger partial charge on any atom is -0.445 e. The SMILES string of the molecule is O=C(NC1C[C@H](O)C=C[C@H](O)C1)OCc1ccccc1. The van der Waals surface area contributed by atoms with Gasteiger partial charge in [0.2, 0.25) is 0 Å². The molecule has 0 saturated carbocycles. The fourth-order valence-corrected chi connectivity index (χ4v) is 2.14. The van der Waals surface area contributed by atoms with Gasteiger partial charge >= 0.3 is 6.09 Å². The highest BCUT2D eigenvalue weighted by Gasteiger charge is 2.21. The first kappa shape index (κ1) is 14.6. The van der Waals surface area contributed by atoms with Crippen LogP contribution in [0.2, 0.25) is 0 Å². The molecule has 1 amide bonds. The number of ether oxygens (including phenoxy) is 1. The number of alkyl carbamates (subject to hydrolysis) is 1. The smallest absolute Gasteiger partial charge is 0.407 e. The van der Waals surface area contributed by atoms with Crippen LogP contribution in [-0.2, 0) is 11.3 Å². The Hall–Kier alpha value is -1.85. The first-order chi connectivity index (χ1) is 9.63. The van der Waals surface area contributed by atoms with Crippen molar-refractivity contribution in [1.82, 2.24) is 5.32 Å². The summed E-state index contributed by atoms with van der Waals surface area (Å²) in [5, 5.41) is 21.9. The Morgan fingerprint density at radius 2 is 1.75 bits per heavy atom. The van der Waals surface area contributed by atoms with E-state index >= 15 is 0 Å². The maximum absolute atomic E-state index is 11.7. The van der Waals surface area contributed by atoms with Crippen LogP contribution in [0.1, 0.15) is 18.4 Å². The maximum atomic E-state index is 11.7. The molecule has 2 rings (SSSR count). The van der Waals surface area contributed by atoms with Crippen LogP contribution >= 0.6 is 0 Å². The van der Waals surface area contributed by atoms with Crippen LogP contribution < -0.4 is 5.32 Å². The normalized spacial score (nSPS) is 25.8. The van der Waals surface area contributed by atoms with E-state index in [9.17, 15) is 15.0 Å². The predicted molar refractivity (Wildman–Crippen MR) is 73.9 cm³/mol. The van der Waals surface area contributed by atoms with Gasteiger partial charge in [-0.1, -0.05) is 42.5 Å². The average Bonchev–Trinajstić information content (AvgIpc) is 2.59. The number of amides is 1. The van der Waals surface area contributed by atoms with E-state index in [1.165, 1.54) is 0 Å². The van der Waals surface area contributed by atoms with Gasteiger partial charge in [0, 0.05) is 6.04 Å². The maximum Gasteiger partial charge on any atom is 0.407 e. The van der Waals surface area contributed by atoms with Gasteiger partial charge in [-0.2, -0.15) is 0 Å². The van der Waals surface area contributed by atoms with Crippen molar-refractivity contribution in [3.8, 4) is 0 Å². The van der Waals surface area contributed by atoms with E-state index in [2.05, 4.69) is 5.32 Å². The fourth-order valence-electron chi connectivity index (χ4n) is 2.14. The van der Waals surface area contributed by atoms with Gasteiger partial charge in [-0.25, -0.2) is 4.79 Å². The fraction of sp³-hybridized carbons (Fsp3) is 0.400. The molecule has 1 aliphatic carbocycles. The van der Waals surface area contributed by atoms with Gasteiger partial charge in [0.15, 0.2) is 0 Å². The lowest BCUT2D eigenvalue weighted by molar-refractivity contribution is 0.124. The number of benzene rings is 1. The number of aliphatic hydroxyl groups is 2. The molecule has 3 atom stereocenters. The second kappa shape index (κ2) is 7.07. The first-order valence-corrected chi connectivity index (χ1v) is 6.65. The molecule has 0 fully saturated rings. The molecule has 5 heteroatoms. The summed E-state index contributed by atoms with van der Waals surface area (Å²) >= 11 is 0. The van der Waals surface area contributed by atoms with Gasteiger partial charge in [-0.15, -0.1) is 0 Å². The molecule has 0 heterocycles. The van der Waals surface area contributed by atoms with Crippen molar-refractivity contribution in [2.24, 2.45) is 0 Å². The van der Waals surface area contributed by atoms with E-state index in [-0.39, 0.29) is 12.6 Å². The third-order valence-corrected chi connectivity index (χ3v) is 3.14. The first-order valence-electron chi connectivity index (χ1n) is 6.65. The Bertz CT molecular complexity index is 446. The number of hydrogen-bond acceptors (Lipinski definition) is 4. The molecule has 0 saturated heterocycles. The lowest BCUT2D eigenvalue weighted by Crippen LogP contribution is -2.38. The minimum atomic E-state index is -0.661. The zero-order valence-corrected chi connectivity index (χ0v) is 11.1. The molecule has 20 heavy (non-hydrogen) atoms. The summed E-state index contributed by atoms with van der Waals surface area (Å²) in [6.45, 7) is 0.197. The standard InChI is InChI=1S/C15H19NO4/c17-13-6-7-14(18)9-12(8-13)16-15(19)20-10-11-4-2-1-3-5-11/h1-7,12-14,17-18H,8-10H2,(H,16,19)/t12?,13-,14+. The molecule has 0 spiro atoms. The molecule has 1 aromatic rings. The van der Waals surface area contributed by atoms with Gasteiger partial charge in [0.25, 0.3) is 0 Å². The van der Waals surface area contributed by atoms with Crippen LogP contribution in [0.3, 0.4) is 0 Å². The van der Waals surface area contributed by atoms with Crippen LogP contribution in [0.4, 0.5) is 4.79 Å². The van der Waals surface area contributed by atoms with Gasteiger partial charge in [0.05, 0.1) is 12.2 Å². The molecule has 1 aromatic carbocycles. The third-order valence-electron chi connectivity index (χ3n) is 3.14. The summed E-state index contributed by atoms with van der Waals surface area (Å²) in [6.07, 6.45) is 1.96. The van der Waals surface area contributed by atoms with E-state index in [0.717, 1.165) is 5.56 Å². The summed E-state index contributed by atoms with van der Waals surface area (Å²) < 4.78 is 5.11. The van der Waals surface area contributed by atoms with Crippen molar-refractivity contribution >= 4 is 6.09 Å². The summed E-state index contributed by atoms with van der Waals surface area (Å²) in [4.78, 5) is 11.7. The molecular weight excluding hydrogens is 258 g/mol. The zero-order valence-electron chi connectivity index (χ0n) is 11.1. The lowest BCUT2D eigenvalue weighted by atomic mass is 10.1. The molecule has 108 valence electrons. The summed E-state index contributed by atoms with van der Waals surface area (Å²) in [5.74, 6) is 0. The van der Waals surface area contributed by atoms with Crippen molar-refractivity contribution in [2.75, 3.05) is 0 Å². The quantitative estimate of drug-likeness (QED) is 0.729. The van der Waals surface area contributed by atoms with Crippen molar-refractivity contribution in [3.05, 3.63) is 48.0 Å². The van der Waals surface area contributed by atoms with E-state index in [4.69, 9.17) is 4.74 Å². The highest BCUT2D eigenvalue weighted by Crippen LogP contribution is 2.13. The third kappa shape index (κ3) is 4.68. The van der Waals surface area contributed by atoms with E-state index < -0.39 is 18.3 Å². The second-order valence-electron chi connectivity index (χ2n) is 4.89. The Kier molecular flexibility index (Phi) is 5.15. The molecule has 0 bridgehead atoms. The number of rotatable bonds is 3. The lowest BCUT2D eigenvalue weighted by Gasteiger charge is -2.19. The summed E-state index contributed by atoms with van der Waals surface area (Å²) in [6, 6.07) is 9.08. The van der Waals surface area contributed by atoms with Gasteiger partial charge < -0.3 is 20.3 Å².